The molecule has 17 heavy (non-hydrogen) atoms. The molecule has 0 radical (unpaired) electrons. The van der Waals surface area contributed by atoms with Crippen molar-refractivity contribution < 1.29 is 0 Å². The van der Waals surface area contributed by atoms with Crippen molar-refractivity contribution in [3.8, 4) is 0 Å². The molecule has 2 aromatic heterocycles. The van der Waals surface area contributed by atoms with E-state index in [0.717, 1.165) is 35.8 Å². The zero-order valence-corrected chi connectivity index (χ0v) is 9.77. The number of hydrogen-bond donors (Lipinski definition) is 2. The Bertz CT molecular complexity index is 557. The molecule has 0 aromatic carbocycles. The van der Waals surface area contributed by atoms with Crippen LogP contribution in [0.5, 0.6) is 0 Å². The Morgan fingerprint density at radius 1 is 1.41 bits per heavy atom. The van der Waals surface area contributed by atoms with Gasteiger partial charge in [-0.2, -0.15) is 0 Å². The van der Waals surface area contributed by atoms with E-state index < -0.39 is 0 Å². The number of nitrogens with zero attached hydrogens (tertiary/aromatic N) is 3. The Balaban J connectivity index is 1.72. The van der Waals surface area contributed by atoms with Gasteiger partial charge in [0.2, 0.25) is 0 Å². The smallest absolute Gasteiger partial charge is 0.194 e. The van der Waals surface area contributed by atoms with E-state index >= 15 is 0 Å². The van der Waals surface area contributed by atoms with Gasteiger partial charge in [-0.15, -0.1) is 0 Å². The summed E-state index contributed by atoms with van der Waals surface area (Å²) in [5.41, 5.74) is 1.95. The average molecular weight is 229 g/mol. The number of aliphatic imine (C=N–C) groups is 1. The molecule has 0 saturated carbocycles. The number of H-pyrrole nitrogens is 1. The maximum atomic E-state index is 4.53. The van der Waals surface area contributed by atoms with Crippen LogP contribution in [0, 0.1) is 0 Å². The maximum Gasteiger partial charge on any atom is 0.194 e. The molecular weight excluding hydrogens is 214 g/mol. The van der Waals surface area contributed by atoms with E-state index in [9.17, 15) is 0 Å². The lowest BCUT2D eigenvalue weighted by atomic mass is 10.3. The molecule has 5 heteroatoms. The van der Waals surface area contributed by atoms with Gasteiger partial charge in [0, 0.05) is 25.2 Å². The zero-order valence-electron chi connectivity index (χ0n) is 9.77. The molecule has 0 bridgehead atoms. The first-order valence-electron chi connectivity index (χ1n) is 5.75. The molecule has 1 aliphatic rings. The molecule has 0 aliphatic carbocycles. The van der Waals surface area contributed by atoms with Crippen LogP contribution in [0.15, 0.2) is 29.4 Å². The number of aromatic amines is 1. The van der Waals surface area contributed by atoms with E-state index in [1.807, 2.05) is 25.4 Å². The van der Waals surface area contributed by atoms with Crippen LogP contribution in [0.4, 0.5) is 0 Å². The van der Waals surface area contributed by atoms with Gasteiger partial charge in [0.25, 0.3) is 0 Å². The molecule has 0 atom stereocenters. The highest BCUT2D eigenvalue weighted by molar-refractivity contribution is 5.81. The summed E-state index contributed by atoms with van der Waals surface area (Å²) in [6, 6.07) is 6.14. The third kappa shape index (κ3) is 1.95. The lowest BCUT2D eigenvalue weighted by Gasteiger charge is -2.14. The van der Waals surface area contributed by atoms with Crippen LogP contribution in [-0.2, 0) is 6.54 Å². The Kier molecular flexibility index (Phi) is 2.44. The average Bonchev–Trinajstić information content (AvgIpc) is 2.94. The van der Waals surface area contributed by atoms with Crippen molar-refractivity contribution in [2.45, 2.75) is 6.54 Å². The molecule has 88 valence electrons. The normalized spacial score (nSPS) is 15.4. The predicted molar refractivity (Wildman–Crippen MR) is 67.9 cm³/mol. The maximum absolute atomic E-state index is 4.53. The fraction of sp³-hybridized carbons (Fsp3) is 0.333. The van der Waals surface area contributed by atoms with Gasteiger partial charge in [-0.3, -0.25) is 4.99 Å². The summed E-state index contributed by atoms with van der Waals surface area (Å²) in [5.74, 6) is 0.957. The summed E-state index contributed by atoms with van der Waals surface area (Å²) in [4.78, 5) is 14.1. The first-order valence-corrected chi connectivity index (χ1v) is 5.75. The van der Waals surface area contributed by atoms with Gasteiger partial charge in [0.15, 0.2) is 5.96 Å². The minimum atomic E-state index is 0.706. The molecule has 5 nitrogen and oxygen atoms in total. The Hall–Kier alpha value is -2.04. The molecule has 3 heterocycles. The van der Waals surface area contributed by atoms with Crippen molar-refractivity contribution in [3.63, 3.8) is 0 Å². The van der Waals surface area contributed by atoms with E-state index in [-0.39, 0.29) is 0 Å². The molecule has 2 N–H and O–H groups in total. The third-order valence-corrected chi connectivity index (χ3v) is 2.95. The second kappa shape index (κ2) is 4.08. The zero-order chi connectivity index (χ0) is 11.7. The van der Waals surface area contributed by atoms with Crippen LogP contribution in [-0.4, -0.2) is 41.0 Å². The Morgan fingerprint density at radius 3 is 3.18 bits per heavy atom. The summed E-state index contributed by atoms with van der Waals surface area (Å²) in [6.45, 7) is 2.57. The van der Waals surface area contributed by atoms with Crippen LogP contribution in [0.1, 0.15) is 5.69 Å². The first-order chi connectivity index (χ1) is 8.33. The quantitative estimate of drug-likeness (QED) is 0.806. The SMILES string of the molecule is CN1CCN=C1NCc1ccc2cc[nH]c2n1. The van der Waals surface area contributed by atoms with E-state index in [1.165, 1.54) is 0 Å². The highest BCUT2D eigenvalue weighted by atomic mass is 15.3. The van der Waals surface area contributed by atoms with Crippen LogP contribution < -0.4 is 5.32 Å². The number of nitrogens with one attached hydrogen (secondary N) is 2. The summed E-state index contributed by atoms with van der Waals surface area (Å²) < 4.78 is 0. The summed E-state index contributed by atoms with van der Waals surface area (Å²) in [7, 11) is 2.04. The fourth-order valence-electron chi connectivity index (χ4n) is 1.96. The van der Waals surface area contributed by atoms with Crippen molar-refractivity contribution in [1.82, 2.24) is 20.2 Å². The number of hydrogen-bond acceptors (Lipinski definition) is 4. The molecule has 3 rings (SSSR count). The minimum absolute atomic E-state index is 0.706. The molecular formula is C12H15N5. The van der Waals surface area contributed by atoms with Crippen molar-refractivity contribution in [3.05, 3.63) is 30.1 Å². The van der Waals surface area contributed by atoms with E-state index in [4.69, 9.17) is 0 Å². The lowest BCUT2D eigenvalue weighted by Crippen LogP contribution is -2.35. The second-order valence-electron chi connectivity index (χ2n) is 4.20. The molecule has 0 saturated heterocycles. The number of likely N-dealkylation sites (N-methyl/N-ethyl adjacent to an activating group) is 1. The molecule has 1 aliphatic heterocycles. The molecule has 0 unspecified atom stereocenters. The van der Waals surface area contributed by atoms with Gasteiger partial charge in [-0.1, -0.05) is 0 Å². The number of aromatic nitrogens is 2. The van der Waals surface area contributed by atoms with E-state index in [0.29, 0.717) is 6.54 Å². The summed E-state index contributed by atoms with van der Waals surface area (Å²) in [6.07, 6.45) is 1.91. The third-order valence-electron chi connectivity index (χ3n) is 2.95. The molecule has 0 amide bonds. The molecule has 0 fully saturated rings. The first kappa shape index (κ1) is 10.1. The Morgan fingerprint density at radius 2 is 2.35 bits per heavy atom. The van der Waals surface area contributed by atoms with Gasteiger partial charge in [-0.05, 0) is 18.2 Å². The van der Waals surface area contributed by atoms with Crippen molar-refractivity contribution >= 4 is 17.0 Å². The second-order valence-corrected chi connectivity index (χ2v) is 4.20. The van der Waals surface area contributed by atoms with Gasteiger partial charge >= 0.3 is 0 Å². The van der Waals surface area contributed by atoms with Crippen molar-refractivity contribution in [2.24, 2.45) is 4.99 Å². The number of rotatable bonds is 2. The standard InChI is InChI=1S/C12H15N5/c1-17-7-6-14-12(17)15-8-10-3-2-9-4-5-13-11(9)16-10/h2-5H,6-8H2,1H3,(H,13,16)(H,14,15). The number of pyridine rings is 1. The summed E-state index contributed by atoms with van der Waals surface area (Å²) in [5, 5.41) is 4.45. The van der Waals surface area contributed by atoms with Gasteiger partial charge in [0.1, 0.15) is 5.65 Å². The largest absolute Gasteiger partial charge is 0.351 e. The Labute approximate surface area is 99.6 Å². The van der Waals surface area contributed by atoms with E-state index in [1.54, 1.807) is 0 Å². The van der Waals surface area contributed by atoms with E-state index in [2.05, 4.69) is 31.2 Å². The lowest BCUT2D eigenvalue weighted by molar-refractivity contribution is 0.533. The number of fused-ring (bicyclic) bond motifs is 1. The van der Waals surface area contributed by atoms with Crippen molar-refractivity contribution in [2.75, 3.05) is 20.1 Å². The monoisotopic (exact) mass is 229 g/mol. The van der Waals surface area contributed by atoms with Crippen LogP contribution in [0.3, 0.4) is 0 Å². The van der Waals surface area contributed by atoms with Crippen LogP contribution >= 0.6 is 0 Å². The predicted octanol–water partition coefficient (Wildman–Crippen LogP) is 0.954. The van der Waals surface area contributed by atoms with Crippen LogP contribution in [0.25, 0.3) is 11.0 Å². The van der Waals surface area contributed by atoms with Crippen LogP contribution in [0.2, 0.25) is 0 Å². The topological polar surface area (TPSA) is 56.3 Å². The highest BCUT2D eigenvalue weighted by Gasteiger charge is 2.11. The highest BCUT2D eigenvalue weighted by Crippen LogP contribution is 2.10. The van der Waals surface area contributed by atoms with Gasteiger partial charge in [0.05, 0.1) is 18.8 Å². The minimum Gasteiger partial charge on any atom is -0.351 e. The summed E-state index contributed by atoms with van der Waals surface area (Å²) >= 11 is 0. The fourth-order valence-corrected chi connectivity index (χ4v) is 1.96. The van der Waals surface area contributed by atoms with Gasteiger partial charge < -0.3 is 15.2 Å². The molecule has 2 aromatic rings. The molecule has 0 spiro atoms. The van der Waals surface area contributed by atoms with Crippen molar-refractivity contribution in [1.29, 1.82) is 0 Å². The number of guanidine groups is 1. The van der Waals surface area contributed by atoms with Gasteiger partial charge in [-0.25, -0.2) is 4.98 Å².